The Morgan fingerprint density at radius 2 is 1.59 bits per heavy atom. The number of fused-ring (bicyclic) bond motifs is 3. The van der Waals surface area contributed by atoms with E-state index in [2.05, 4.69) is 17.4 Å². The summed E-state index contributed by atoms with van der Waals surface area (Å²) in [6.45, 7) is 0.217. The Hall–Kier alpha value is -1.94. The van der Waals surface area contributed by atoms with Gasteiger partial charge in [0.05, 0.1) is 6.29 Å². The highest BCUT2D eigenvalue weighted by Gasteiger charge is 2.28. The maximum atomic E-state index is 11.6. The summed E-state index contributed by atoms with van der Waals surface area (Å²) in [5, 5.41) is 2.32. The molecule has 0 atom stereocenters. The molecular formula is C16H16NO4P. The zero-order valence-electron chi connectivity index (χ0n) is 11.8. The summed E-state index contributed by atoms with van der Waals surface area (Å²) < 4.78 is 5.23. The largest absolute Gasteiger partial charge is 0.449 e. The lowest BCUT2D eigenvalue weighted by atomic mass is 9.98. The summed E-state index contributed by atoms with van der Waals surface area (Å²) in [4.78, 5) is 29.2. The van der Waals surface area contributed by atoms with Crippen LogP contribution in [0.2, 0.25) is 0 Å². The van der Waals surface area contributed by atoms with Crippen molar-refractivity contribution >= 4 is 14.5 Å². The molecule has 0 heterocycles. The van der Waals surface area contributed by atoms with Crippen molar-refractivity contribution in [3.8, 4) is 11.1 Å². The van der Waals surface area contributed by atoms with Crippen molar-refractivity contribution in [2.45, 2.75) is 5.92 Å². The Labute approximate surface area is 129 Å². The van der Waals surface area contributed by atoms with Gasteiger partial charge in [0.2, 0.25) is 0 Å². The third kappa shape index (κ3) is 2.97. The molecule has 0 saturated heterocycles. The molecule has 22 heavy (non-hydrogen) atoms. The molecule has 114 valence electrons. The molecule has 0 unspecified atom stereocenters. The number of carbonyl (C=O) groups excluding carboxylic acids is 1. The van der Waals surface area contributed by atoms with Crippen LogP contribution in [-0.2, 0) is 4.74 Å². The molecular weight excluding hydrogens is 301 g/mol. The molecule has 0 aromatic heterocycles. The third-order valence-corrected chi connectivity index (χ3v) is 4.15. The van der Waals surface area contributed by atoms with E-state index >= 15 is 0 Å². The highest BCUT2D eigenvalue weighted by atomic mass is 31.2. The maximum absolute atomic E-state index is 11.6. The van der Waals surface area contributed by atoms with Gasteiger partial charge in [-0.25, -0.2) is 4.79 Å². The molecule has 3 rings (SSSR count). The molecule has 1 aliphatic carbocycles. The predicted molar refractivity (Wildman–Crippen MR) is 84.4 cm³/mol. The topological polar surface area (TPSA) is 78.8 Å². The summed E-state index contributed by atoms with van der Waals surface area (Å²) in [5.41, 5.74) is 4.62. The number of hydrogen-bond acceptors (Lipinski definition) is 4. The number of rotatable bonds is 4. The average Bonchev–Trinajstić information content (AvgIpc) is 2.85. The molecule has 0 bridgehead atoms. The van der Waals surface area contributed by atoms with E-state index in [4.69, 9.17) is 14.5 Å². The van der Waals surface area contributed by atoms with E-state index in [1.807, 2.05) is 36.4 Å². The Kier molecular flexibility index (Phi) is 4.39. The SMILES string of the molecule is O=C(NCP(O)O)OCC1c2ccccc2-c2ccccc21. The van der Waals surface area contributed by atoms with Crippen molar-refractivity contribution in [3.63, 3.8) is 0 Å². The summed E-state index contributed by atoms with van der Waals surface area (Å²) in [5.74, 6) is 0.00270. The van der Waals surface area contributed by atoms with Gasteiger partial charge in [-0.1, -0.05) is 48.5 Å². The van der Waals surface area contributed by atoms with E-state index in [0.29, 0.717) is 0 Å². The monoisotopic (exact) mass is 317 g/mol. The van der Waals surface area contributed by atoms with Gasteiger partial charge < -0.3 is 19.8 Å². The fourth-order valence-corrected chi connectivity index (χ4v) is 3.06. The van der Waals surface area contributed by atoms with Crippen LogP contribution in [0.5, 0.6) is 0 Å². The number of benzene rings is 2. The Balaban J connectivity index is 1.75. The van der Waals surface area contributed by atoms with Gasteiger partial charge in [0.25, 0.3) is 0 Å². The standard InChI is InChI=1S/C16H16NO4P/c18-16(17-10-22(19)20)21-9-15-13-7-3-1-5-11(13)12-6-2-4-8-14(12)15/h1-8,15,19-20H,9-10H2,(H,17,18). The van der Waals surface area contributed by atoms with Gasteiger partial charge in [-0.2, -0.15) is 0 Å². The Morgan fingerprint density at radius 3 is 2.14 bits per heavy atom. The van der Waals surface area contributed by atoms with E-state index in [0.717, 1.165) is 11.1 Å². The Morgan fingerprint density at radius 1 is 1.05 bits per heavy atom. The first-order chi connectivity index (χ1) is 10.7. The number of alkyl carbamates (subject to hydrolysis) is 1. The van der Waals surface area contributed by atoms with Gasteiger partial charge >= 0.3 is 6.09 Å². The highest BCUT2D eigenvalue weighted by Crippen LogP contribution is 2.44. The van der Waals surface area contributed by atoms with Crippen molar-refractivity contribution < 1.29 is 19.3 Å². The van der Waals surface area contributed by atoms with E-state index < -0.39 is 14.5 Å². The summed E-state index contributed by atoms with van der Waals surface area (Å²) in [6, 6.07) is 16.2. The van der Waals surface area contributed by atoms with Crippen molar-refractivity contribution in [2.24, 2.45) is 0 Å². The smallest absolute Gasteiger partial charge is 0.407 e. The second-order valence-electron chi connectivity index (χ2n) is 5.03. The molecule has 5 nitrogen and oxygen atoms in total. The summed E-state index contributed by atoms with van der Waals surface area (Å²) >= 11 is 0. The van der Waals surface area contributed by atoms with Crippen LogP contribution in [0.25, 0.3) is 11.1 Å². The molecule has 3 N–H and O–H groups in total. The van der Waals surface area contributed by atoms with Crippen LogP contribution in [-0.4, -0.2) is 28.8 Å². The van der Waals surface area contributed by atoms with Gasteiger partial charge in [0.15, 0.2) is 8.38 Å². The van der Waals surface area contributed by atoms with E-state index in [1.165, 1.54) is 11.1 Å². The van der Waals surface area contributed by atoms with E-state index in [1.54, 1.807) is 0 Å². The normalized spacial score (nSPS) is 12.9. The first kappa shape index (κ1) is 15.0. The van der Waals surface area contributed by atoms with Crippen LogP contribution < -0.4 is 5.32 Å². The number of ether oxygens (including phenoxy) is 1. The highest BCUT2D eigenvalue weighted by molar-refractivity contribution is 7.45. The molecule has 1 aliphatic rings. The van der Waals surface area contributed by atoms with Crippen molar-refractivity contribution in [3.05, 3.63) is 59.7 Å². The molecule has 0 radical (unpaired) electrons. The first-order valence-corrected chi connectivity index (χ1v) is 8.34. The zero-order valence-corrected chi connectivity index (χ0v) is 12.7. The number of nitrogens with one attached hydrogen (secondary N) is 1. The van der Waals surface area contributed by atoms with Crippen LogP contribution in [0.15, 0.2) is 48.5 Å². The molecule has 0 spiro atoms. The molecule has 0 fully saturated rings. The molecule has 1 amide bonds. The quantitative estimate of drug-likeness (QED) is 0.758. The third-order valence-electron chi connectivity index (χ3n) is 3.71. The van der Waals surface area contributed by atoms with Crippen LogP contribution in [0, 0.1) is 0 Å². The lowest BCUT2D eigenvalue weighted by Crippen LogP contribution is -2.26. The fraction of sp³-hybridized carbons (Fsp3) is 0.188. The molecule has 2 aromatic rings. The van der Waals surface area contributed by atoms with Crippen LogP contribution in [0.1, 0.15) is 17.0 Å². The molecule has 6 heteroatoms. The molecule has 0 aliphatic heterocycles. The first-order valence-electron chi connectivity index (χ1n) is 6.91. The van der Waals surface area contributed by atoms with Gasteiger partial charge in [-0.15, -0.1) is 0 Å². The molecule has 0 saturated carbocycles. The summed E-state index contributed by atoms with van der Waals surface area (Å²) in [7, 11) is -2.15. The van der Waals surface area contributed by atoms with Gasteiger partial charge in [-0.3, -0.25) is 0 Å². The number of amides is 1. The molecule has 2 aromatic carbocycles. The Bertz CT molecular complexity index is 644. The minimum Gasteiger partial charge on any atom is -0.449 e. The predicted octanol–water partition coefficient (Wildman–Crippen LogP) is 2.78. The van der Waals surface area contributed by atoms with E-state index in [-0.39, 0.29) is 18.8 Å². The lowest BCUT2D eigenvalue weighted by Gasteiger charge is -2.14. The van der Waals surface area contributed by atoms with Crippen LogP contribution >= 0.6 is 8.38 Å². The van der Waals surface area contributed by atoms with E-state index in [9.17, 15) is 4.79 Å². The fourth-order valence-electron chi connectivity index (χ4n) is 2.78. The summed E-state index contributed by atoms with van der Waals surface area (Å²) in [6.07, 6.45) is -0.830. The minimum absolute atomic E-state index is 0.00270. The number of hydrogen-bond donors (Lipinski definition) is 3. The van der Waals surface area contributed by atoms with Gasteiger partial charge in [-0.05, 0) is 22.3 Å². The second-order valence-corrected chi connectivity index (χ2v) is 6.09. The average molecular weight is 317 g/mol. The number of carbonyl (C=O) groups is 1. The van der Waals surface area contributed by atoms with Gasteiger partial charge in [0.1, 0.15) is 6.61 Å². The van der Waals surface area contributed by atoms with Gasteiger partial charge in [0, 0.05) is 5.92 Å². The van der Waals surface area contributed by atoms with Crippen molar-refractivity contribution in [2.75, 3.05) is 12.9 Å². The second kappa shape index (κ2) is 6.44. The van der Waals surface area contributed by atoms with Crippen LogP contribution in [0.3, 0.4) is 0 Å². The lowest BCUT2D eigenvalue weighted by molar-refractivity contribution is 0.144. The van der Waals surface area contributed by atoms with Crippen molar-refractivity contribution in [1.82, 2.24) is 5.32 Å². The maximum Gasteiger partial charge on any atom is 0.407 e. The van der Waals surface area contributed by atoms with Crippen molar-refractivity contribution in [1.29, 1.82) is 0 Å². The minimum atomic E-state index is -2.15. The zero-order chi connectivity index (χ0) is 15.5. The van der Waals surface area contributed by atoms with Crippen LogP contribution in [0.4, 0.5) is 4.79 Å².